The summed E-state index contributed by atoms with van der Waals surface area (Å²) < 4.78 is 15.3. The van der Waals surface area contributed by atoms with Gasteiger partial charge in [-0.2, -0.15) is 0 Å². The minimum atomic E-state index is -0.499. The highest BCUT2D eigenvalue weighted by Gasteiger charge is 2.38. The van der Waals surface area contributed by atoms with Gasteiger partial charge in [0.25, 0.3) is 5.91 Å². The number of benzene rings is 1. The summed E-state index contributed by atoms with van der Waals surface area (Å²) >= 11 is 0. The van der Waals surface area contributed by atoms with Gasteiger partial charge in [-0.1, -0.05) is 12.8 Å². The molecule has 6 nitrogen and oxygen atoms in total. The summed E-state index contributed by atoms with van der Waals surface area (Å²) in [7, 11) is 1.37. The normalized spacial score (nSPS) is 18.0. The Morgan fingerprint density at radius 3 is 2.68 bits per heavy atom. The topological polar surface area (TPSA) is 73.9 Å². The number of hydrogen-bond acceptors (Lipinski definition) is 5. The molecule has 1 N–H and O–H groups in total. The molecular formula is C16H19NO5. The average molecular weight is 305 g/mol. The molecule has 0 spiro atoms. The largest absolute Gasteiger partial charge is 0.469 e. The standard InChI is InChI=1S/C16H19NO5/c1-20-14(18)9-16(6-2-3-7-16)17-15(19)11-4-5-12-13(8-11)22-10-21-12/h4-5,8H,2-3,6-7,9-10H2,1H3,(H,17,19). The lowest BCUT2D eigenvalue weighted by Crippen LogP contribution is -2.48. The third-order valence-corrected chi connectivity index (χ3v) is 4.28. The van der Waals surface area contributed by atoms with Crippen LogP contribution in [0.25, 0.3) is 0 Å². The number of hydrogen-bond donors (Lipinski definition) is 1. The Labute approximate surface area is 128 Å². The Kier molecular flexibility index (Phi) is 3.92. The van der Waals surface area contributed by atoms with E-state index in [1.807, 2.05) is 0 Å². The van der Waals surface area contributed by atoms with Gasteiger partial charge in [0.15, 0.2) is 11.5 Å². The molecule has 1 aromatic rings. The smallest absolute Gasteiger partial charge is 0.307 e. The van der Waals surface area contributed by atoms with Gasteiger partial charge in [0.05, 0.1) is 19.1 Å². The summed E-state index contributed by atoms with van der Waals surface area (Å²) in [5.74, 6) is 0.708. The van der Waals surface area contributed by atoms with Gasteiger partial charge in [-0.15, -0.1) is 0 Å². The van der Waals surface area contributed by atoms with Crippen molar-refractivity contribution in [2.75, 3.05) is 13.9 Å². The van der Waals surface area contributed by atoms with Crippen LogP contribution in [0.1, 0.15) is 42.5 Å². The molecule has 0 saturated heterocycles. The van der Waals surface area contributed by atoms with E-state index in [1.54, 1.807) is 18.2 Å². The van der Waals surface area contributed by atoms with E-state index in [1.165, 1.54) is 7.11 Å². The van der Waals surface area contributed by atoms with Gasteiger partial charge in [0, 0.05) is 5.56 Å². The second-order valence-corrected chi connectivity index (χ2v) is 5.76. The molecule has 0 atom stereocenters. The highest BCUT2D eigenvalue weighted by Crippen LogP contribution is 2.35. The Morgan fingerprint density at radius 2 is 1.95 bits per heavy atom. The van der Waals surface area contributed by atoms with Crippen molar-refractivity contribution < 1.29 is 23.8 Å². The lowest BCUT2D eigenvalue weighted by atomic mass is 9.92. The van der Waals surface area contributed by atoms with Crippen molar-refractivity contribution in [1.82, 2.24) is 5.32 Å². The first kappa shape index (κ1) is 14.7. The zero-order valence-corrected chi connectivity index (χ0v) is 12.5. The molecule has 0 radical (unpaired) electrons. The molecule has 1 heterocycles. The van der Waals surface area contributed by atoms with Crippen molar-refractivity contribution in [2.45, 2.75) is 37.6 Å². The van der Waals surface area contributed by atoms with Gasteiger partial charge in [-0.3, -0.25) is 9.59 Å². The number of fused-ring (bicyclic) bond motifs is 1. The predicted octanol–water partition coefficient (Wildman–Crippen LogP) is 2.02. The summed E-state index contributed by atoms with van der Waals surface area (Å²) in [5, 5.41) is 3.03. The molecule has 1 saturated carbocycles. The summed E-state index contributed by atoms with van der Waals surface area (Å²) in [6.07, 6.45) is 3.79. The fourth-order valence-electron chi connectivity index (χ4n) is 3.10. The summed E-state index contributed by atoms with van der Waals surface area (Å²) in [6.45, 7) is 0.173. The molecule has 0 bridgehead atoms. The van der Waals surface area contributed by atoms with Crippen molar-refractivity contribution in [1.29, 1.82) is 0 Å². The van der Waals surface area contributed by atoms with E-state index in [0.717, 1.165) is 25.7 Å². The predicted molar refractivity (Wildman–Crippen MR) is 77.9 cm³/mol. The van der Waals surface area contributed by atoms with E-state index >= 15 is 0 Å². The molecule has 3 rings (SSSR count). The van der Waals surface area contributed by atoms with Gasteiger partial charge in [0.1, 0.15) is 0 Å². The van der Waals surface area contributed by atoms with Crippen LogP contribution in [0.3, 0.4) is 0 Å². The maximum absolute atomic E-state index is 12.5. The fourth-order valence-corrected chi connectivity index (χ4v) is 3.10. The zero-order valence-electron chi connectivity index (χ0n) is 12.5. The van der Waals surface area contributed by atoms with E-state index in [2.05, 4.69) is 5.32 Å². The van der Waals surface area contributed by atoms with E-state index in [0.29, 0.717) is 17.1 Å². The lowest BCUT2D eigenvalue weighted by Gasteiger charge is -2.29. The molecule has 1 fully saturated rings. The zero-order chi connectivity index (χ0) is 15.6. The Bertz CT molecular complexity index is 592. The maximum Gasteiger partial charge on any atom is 0.307 e. The highest BCUT2D eigenvalue weighted by atomic mass is 16.7. The lowest BCUT2D eigenvalue weighted by molar-refractivity contribution is -0.142. The summed E-state index contributed by atoms with van der Waals surface area (Å²) in [6, 6.07) is 5.08. The third kappa shape index (κ3) is 2.86. The Morgan fingerprint density at radius 1 is 1.23 bits per heavy atom. The van der Waals surface area contributed by atoms with Crippen LogP contribution in [0.2, 0.25) is 0 Å². The molecule has 6 heteroatoms. The molecule has 1 amide bonds. The molecule has 1 aromatic carbocycles. The van der Waals surface area contributed by atoms with Crippen LogP contribution in [0.15, 0.2) is 18.2 Å². The van der Waals surface area contributed by atoms with Gasteiger partial charge < -0.3 is 19.5 Å². The maximum atomic E-state index is 12.5. The Balaban J connectivity index is 1.75. The molecular weight excluding hydrogens is 286 g/mol. The first-order chi connectivity index (χ1) is 10.6. The summed E-state index contributed by atoms with van der Waals surface area (Å²) in [5.41, 5.74) is 0.000905. The molecule has 1 aliphatic carbocycles. The molecule has 1 aliphatic heterocycles. The number of nitrogens with one attached hydrogen (secondary N) is 1. The number of methoxy groups -OCH3 is 1. The van der Waals surface area contributed by atoms with Crippen LogP contribution >= 0.6 is 0 Å². The molecule has 22 heavy (non-hydrogen) atoms. The molecule has 0 aromatic heterocycles. The van der Waals surface area contributed by atoms with Crippen LogP contribution in [0, 0.1) is 0 Å². The number of carbonyl (C=O) groups is 2. The van der Waals surface area contributed by atoms with Crippen molar-refractivity contribution in [2.24, 2.45) is 0 Å². The quantitative estimate of drug-likeness (QED) is 0.862. The van der Waals surface area contributed by atoms with Crippen LogP contribution in [0.5, 0.6) is 11.5 Å². The van der Waals surface area contributed by atoms with Crippen molar-refractivity contribution in [3.8, 4) is 11.5 Å². The van der Waals surface area contributed by atoms with E-state index in [-0.39, 0.29) is 25.1 Å². The fraction of sp³-hybridized carbons (Fsp3) is 0.500. The number of rotatable bonds is 4. The number of carbonyl (C=O) groups excluding carboxylic acids is 2. The average Bonchev–Trinajstić information content (AvgIpc) is 3.15. The van der Waals surface area contributed by atoms with E-state index in [9.17, 15) is 9.59 Å². The van der Waals surface area contributed by atoms with Gasteiger partial charge in [-0.25, -0.2) is 0 Å². The second kappa shape index (κ2) is 5.87. The minimum Gasteiger partial charge on any atom is -0.469 e. The van der Waals surface area contributed by atoms with Crippen LogP contribution in [0.4, 0.5) is 0 Å². The minimum absolute atomic E-state index is 0.173. The molecule has 0 unspecified atom stereocenters. The number of ether oxygens (including phenoxy) is 3. The molecule has 2 aliphatic rings. The van der Waals surface area contributed by atoms with Crippen molar-refractivity contribution in [3.05, 3.63) is 23.8 Å². The summed E-state index contributed by atoms with van der Waals surface area (Å²) in [4.78, 5) is 24.2. The van der Waals surface area contributed by atoms with Gasteiger partial charge in [-0.05, 0) is 31.0 Å². The van der Waals surface area contributed by atoms with E-state index in [4.69, 9.17) is 14.2 Å². The number of esters is 1. The van der Waals surface area contributed by atoms with Crippen molar-refractivity contribution in [3.63, 3.8) is 0 Å². The monoisotopic (exact) mass is 305 g/mol. The Hall–Kier alpha value is -2.24. The van der Waals surface area contributed by atoms with Gasteiger partial charge in [0.2, 0.25) is 6.79 Å². The second-order valence-electron chi connectivity index (χ2n) is 5.76. The van der Waals surface area contributed by atoms with Crippen LogP contribution in [-0.4, -0.2) is 31.3 Å². The van der Waals surface area contributed by atoms with Crippen LogP contribution < -0.4 is 14.8 Å². The van der Waals surface area contributed by atoms with Gasteiger partial charge >= 0.3 is 5.97 Å². The van der Waals surface area contributed by atoms with E-state index < -0.39 is 5.54 Å². The number of amides is 1. The third-order valence-electron chi connectivity index (χ3n) is 4.28. The van der Waals surface area contributed by atoms with Crippen molar-refractivity contribution >= 4 is 11.9 Å². The molecule has 118 valence electrons. The van der Waals surface area contributed by atoms with Crippen LogP contribution in [-0.2, 0) is 9.53 Å². The first-order valence-corrected chi connectivity index (χ1v) is 7.41. The first-order valence-electron chi connectivity index (χ1n) is 7.41. The highest BCUT2D eigenvalue weighted by molar-refractivity contribution is 5.95. The SMILES string of the molecule is COC(=O)CC1(NC(=O)c2ccc3c(c2)OCO3)CCCC1.